The first-order valence-electron chi connectivity index (χ1n) is 7.20. The molecule has 1 fully saturated rings. The molecule has 0 saturated heterocycles. The van der Waals surface area contributed by atoms with Gasteiger partial charge in [0.05, 0.1) is 4.47 Å². The zero-order valence-corrected chi connectivity index (χ0v) is 13.4. The molecule has 19 heavy (non-hydrogen) atoms. The minimum atomic E-state index is -0.180. The second kappa shape index (κ2) is 6.36. The van der Waals surface area contributed by atoms with E-state index in [2.05, 4.69) is 35.1 Å². The van der Waals surface area contributed by atoms with Crippen LogP contribution in [0, 0.1) is 17.2 Å². The highest BCUT2D eigenvalue weighted by atomic mass is 79.9. The fraction of sp³-hybridized carbons (Fsp3) is 0.625. The van der Waals surface area contributed by atoms with Gasteiger partial charge in [0.15, 0.2) is 0 Å². The average molecular weight is 328 g/mol. The van der Waals surface area contributed by atoms with Gasteiger partial charge < -0.3 is 5.32 Å². The Labute approximate surface area is 124 Å². The lowest BCUT2D eigenvalue weighted by atomic mass is 9.79. The standard InChI is InChI=1S/C16H23BrFN/c1-3-8-19-11-16(2,13-5-6-13)10-12-4-7-15(18)14(17)9-12/h4,7,9,13,19H,3,5-6,8,10-11H2,1-2H3. The number of nitrogens with one attached hydrogen (secondary N) is 1. The Morgan fingerprint density at radius 2 is 2.16 bits per heavy atom. The molecule has 0 amide bonds. The van der Waals surface area contributed by atoms with Crippen LogP contribution in [0.4, 0.5) is 4.39 Å². The van der Waals surface area contributed by atoms with Gasteiger partial charge >= 0.3 is 0 Å². The minimum Gasteiger partial charge on any atom is -0.316 e. The van der Waals surface area contributed by atoms with Crippen LogP contribution in [0.5, 0.6) is 0 Å². The van der Waals surface area contributed by atoms with E-state index < -0.39 is 0 Å². The third-order valence-corrected chi connectivity index (χ3v) is 4.72. The van der Waals surface area contributed by atoms with Crippen molar-refractivity contribution in [3.63, 3.8) is 0 Å². The first-order chi connectivity index (χ1) is 9.05. The Hall–Kier alpha value is -0.410. The van der Waals surface area contributed by atoms with Gasteiger partial charge in [-0.05, 0) is 77.2 Å². The molecule has 1 nitrogen and oxygen atoms in total. The van der Waals surface area contributed by atoms with E-state index in [9.17, 15) is 4.39 Å². The van der Waals surface area contributed by atoms with Crippen LogP contribution in [0.1, 0.15) is 38.7 Å². The van der Waals surface area contributed by atoms with Crippen molar-refractivity contribution < 1.29 is 4.39 Å². The maximum absolute atomic E-state index is 13.3. The molecule has 0 heterocycles. The third-order valence-electron chi connectivity index (χ3n) is 4.11. The average Bonchev–Trinajstić information content (AvgIpc) is 3.19. The van der Waals surface area contributed by atoms with Gasteiger partial charge in [-0.25, -0.2) is 4.39 Å². The Morgan fingerprint density at radius 1 is 1.42 bits per heavy atom. The van der Waals surface area contributed by atoms with Gasteiger partial charge in [-0.3, -0.25) is 0 Å². The molecule has 1 aromatic carbocycles. The molecule has 0 radical (unpaired) electrons. The van der Waals surface area contributed by atoms with Gasteiger partial charge in [0.25, 0.3) is 0 Å². The van der Waals surface area contributed by atoms with Crippen molar-refractivity contribution in [3.05, 3.63) is 34.1 Å². The van der Waals surface area contributed by atoms with Gasteiger partial charge in [-0.2, -0.15) is 0 Å². The zero-order valence-electron chi connectivity index (χ0n) is 11.8. The predicted molar refractivity (Wildman–Crippen MR) is 81.8 cm³/mol. The summed E-state index contributed by atoms with van der Waals surface area (Å²) in [4.78, 5) is 0. The summed E-state index contributed by atoms with van der Waals surface area (Å²) in [6.45, 7) is 6.69. The van der Waals surface area contributed by atoms with Gasteiger partial charge in [0, 0.05) is 6.54 Å². The first kappa shape index (κ1) is 15.0. The monoisotopic (exact) mass is 327 g/mol. The molecule has 0 aromatic heterocycles. The molecule has 1 saturated carbocycles. The van der Waals surface area contributed by atoms with E-state index in [-0.39, 0.29) is 5.82 Å². The van der Waals surface area contributed by atoms with Crippen LogP contribution < -0.4 is 5.32 Å². The van der Waals surface area contributed by atoms with Crippen molar-refractivity contribution in [1.82, 2.24) is 5.32 Å². The summed E-state index contributed by atoms with van der Waals surface area (Å²) < 4.78 is 13.9. The molecule has 1 aromatic rings. The minimum absolute atomic E-state index is 0.180. The van der Waals surface area contributed by atoms with Crippen LogP contribution in [-0.4, -0.2) is 13.1 Å². The largest absolute Gasteiger partial charge is 0.316 e. The molecular formula is C16H23BrFN. The topological polar surface area (TPSA) is 12.0 Å². The molecule has 1 N–H and O–H groups in total. The highest BCUT2D eigenvalue weighted by molar-refractivity contribution is 9.10. The number of rotatable bonds is 7. The fourth-order valence-corrected chi connectivity index (χ4v) is 3.22. The molecule has 1 unspecified atom stereocenters. The van der Waals surface area contributed by atoms with Crippen molar-refractivity contribution in [2.24, 2.45) is 11.3 Å². The molecule has 1 aliphatic carbocycles. The van der Waals surface area contributed by atoms with E-state index in [0.717, 1.165) is 25.4 Å². The SMILES string of the molecule is CCCNCC(C)(Cc1ccc(F)c(Br)c1)C1CC1. The molecule has 0 spiro atoms. The molecule has 0 aliphatic heterocycles. The van der Waals surface area contributed by atoms with E-state index >= 15 is 0 Å². The lowest BCUT2D eigenvalue weighted by Crippen LogP contribution is -2.36. The fourth-order valence-electron chi connectivity index (χ4n) is 2.80. The van der Waals surface area contributed by atoms with Crippen LogP contribution in [-0.2, 0) is 6.42 Å². The first-order valence-corrected chi connectivity index (χ1v) is 7.99. The summed E-state index contributed by atoms with van der Waals surface area (Å²) >= 11 is 3.28. The van der Waals surface area contributed by atoms with Crippen molar-refractivity contribution in [1.29, 1.82) is 0 Å². The van der Waals surface area contributed by atoms with E-state index in [0.29, 0.717) is 9.89 Å². The van der Waals surface area contributed by atoms with Crippen molar-refractivity contribution in [2.45, 2.75) is 39.5 Å². The quantitative estimate of drug-likeness (QED) is 0.724. The molecule has 1 atom stereocenters. The molecule has 106 valence electrons. The molecule has 3 heteroatoms. The molecule has 0 bridgehead atoms. The summed E-state index contributed by atoms with van der Waals surface area (Å²) in [5.41, 5.74) is 1.52. The van der Waals surface area contributed by atoms with Crippen molar-refractivity contribution in [2.75, 3.05) is 13.1 Å². The second-order valence-corrected chi connectivity index (χ2v) is 6.88. The van der Waals surface area contributed by atoms with Crippen molar-refractivity contribution in [3.8, 4) is 0 Å². The summed E-state index contributed by atoms with van der Waals surface area (Å²) in [7, 11) is 0. The lowest BCUT2D eigenvalue weighted by molar-refractivity contribution is 0.256. The van der Waals surface area contributed by atoms with E-state index in [1.54, 1.807) is 6.07 Å². The Kier molecular flexibility index (Phi) is 5.02. The maximum Gasteiger partial charge on any atom is 0.137 e. The van der Waals surface area contributed by atoms with Gasteiger partial charge in [0.1, 0.15) is 5.82 Å². The lowest BCUT2D eigenvalue weighted by Gasteiger charge is -2.30. The van der Waals surface area contributed by atoms with E-state index in [1.165, 1.54) is 24.8 Å². The maximum atomic E-state index is 13.3. The Morgan fingerprint density at radius 3 is 2.74 bits per heavy atom. The zero-order chi connectivity index (χ0) is 13.9. The number of benzene rings is 1. The molecular weight excluding hydrogens is 305 g/mol. The number of hydrogen-bond acceptors (Lipinski definition) is 1. The van der Waals surface area contributed by atoms with Crippen LogP contribution in [0.15, 0.2) is 22.7 Å². The molecule has 2 rings (SSSR count). The normalized spacial score (nSPS) is 18.3. The Balaban J connectivity index is 2.04. The summed E-state index contributed by atoms with van der Waals surface area (Å²) in [6.07, 6.45) is 4.87. The van der Waals surface area contributed by atoms with Gasteiger partial charge in [-0.1, -0.05) is 19.9 Å². The summed E-state index contributed by atoms with van der Waals surface area (Å²) in [6, 6.07) is 5.41. The Bertz CT molecular complexity index is 431. The van der Waals surface area contributed by atoms with Crippen LogP contribution in [0.25, 0.3) is 0 Å². The van der Waals surface area contributed by atoms with Crippen LogP contribution in [0.2, 0.25) is 0 Å². The van der Waals surface area contributed by atoms with Gasteiger partial charge in [-0.15, -0.1) is 0 Å². The third kappa shape index (κ3) is 4.03. The summed E-state index contributed by atoms with van der Waals surface area (Å²) in [5.74, 6) is 0.640. The number of hydrogen-bond donors (Lipinski definition) is 1. The van der Waals surface area contributed by atoms with Gasteiger partial charge in [0.2, 0.25) is 0 Å². The summed E-state index contributed by atoms with van der Waals surface area (Å²) in [5, 5.41) is 3.56. The van der Waals surface area contributed by atoms with Crippen molar-refractivity contribution >= 4 is 15.9 Å². The van der Waals surface area contributed by atoms with Crippen LogP contribution in [0.3, 0.4) is 0 Å². The highest BCUT2D eigenvalue weighted by Gasteiger charge is 2.40. The molecule has 1 aliphatic rings. The second-order valence-electron chi connectivity index (χ2n) is 6.03. The van der Waals surface area contributed by atoms with E-state index in [1.807, 2.05) is 12.1 Å². The smallest absolute Gasteiger partial charge is 0.137 e. The number of halogens is 2. The van der Waals surface area contributed by atoms with E-state index in [4.69, 9.17) is 0 Å². The van der Waals surface area contributed by atoms with Crippen LogP contribution >= 0.6 is 15.9 Å². The predicted octanol–water partition coefficient (Wildman–Crippen LogP) is 4.55. The highest BCUT2D eigenvalue weighted by Crippen LogP contribution is 2.47.